The van der Waals surface area contributed by atoms with Gasteiger partial charge in [-0.25, -0.2) is 0 Å². The molecule has 0 aromatic rings. The van der Waals surface area contributed by atoms with Crippen molar-refractivity contribution in [1.29, 1.82) is 0 Å². The molecular formula is C19H36O5. The van der Waals surface area contributed by atoms with Crippen LogP contribution in [0.3, 0.4) is 0 Å². The molecule has 0 aromatic heterocycles. The second kappa shape index (κ2) is 19.7. The molecule has 0 rings (SSSR count). The van der Waals surface area contributed by atoms with E-state index in [1.54, 1.807) is 6.08 Å². The van der Waals surface area contributed by atoms with Crippen LogP contribution in [0.5, 0.6) is 0 Å². The van der Waals surface area contributed by atoms with Gasteiger partial charge in [-0.1, -0.05) is 57.9 Å². The Morgan fingerprint density at radius 2 is 1.50 bits per heavy atom. The number of hydrogen-bond acceptors (Lipinski definition) is 3. The lowest BCUT2D eigenvalue weighted by Gasteiger charge is -2.10. The SMILES string of the molecule is C=CC.CCCCCCCCCCOCCC(CC(=O)O)C(=O)O. The van der Waals surface area contributed by atoms with Crippen LogP contribution >= 0.6 is 0 Å². The number of ether oxygens (including phenoxy) is 1. The van der Waals surface area contributed by atoms with Crippen LogP contribution in [0.15, 0.2) is 12.7 Å². The van der Waals surface area contributed by atoms with E-state index in [0.717, 1.165) is 12.8 Å². The van der Waals surface area contributed by atoms with Crippen molar-refractivity contribution < 1.29 is 24.5 Å². The molecule has 24 heavy (non-hydrogen) atoms. The van der Waals surface area contributed by atoms with E-state index in [1.807, 2.05) is 6.92 Å². The molecule has 1 unspecified atom stereocenters. The van der Waals surface area contributed by atoms with Crippen molar-refractivity contribution in [2.24, 2.45) is 5.92 Å². The first kappa shape index (κ1) is 24.9. The lowest BCUT2D eigenvalue weighted by Crippen LogP contribution is -2.19. The standard InChI is InChI=1S/C16H30O5.C3H6/c1-2-3-4-5-6-7-8-9-11-21-12-10-14(16(19)20)13-15(17)18;1-3-2/h14H,2-13H2,1H3,(H,17,18)(H,19,20);3H,1H2,2H3. The van der Waals surface area contributed by atoms with Crippen molar-refractivity contribution in [3.05, 3.63) is 12.7 Å². The highest BCUT2D eigenvalue weighted by molar-refractivity contribution is 5.77. The Hall–Kier alpha value is -1.36. The number of allylic oxidation sites excluding steroid dienone is 1. The minimum absolute atomic E-state index is 0.263. The maximum absolute atomic E-state index is 10.8. The molecule has 142 valence electrons. The number of aliphatic carboxylic acids is 2. The summed E-state index contributed by atoms with van der Waals surface area (Å²) in [7, 11) is 0. The normalized spacial score (nSPS) is 11.2. The Labute approximate surface area is 147 Å². The average molecular weight is 344 g/mol. The van der Waals surface area contributed by atoms with E-state index in [9.17, 15) is 9.59 Å². The average Bonchev–Trinajstić information content (AvgIpc) is 2.51. The van der Waals surface area contributed by atoms with Gasteiger partial charge in [0.25, 0.3) is 0 Å². The van der Waals surface area contributed by atoms with Crippen molar-refractivity contribution in [2.75, 3.05) is 13.2 Å². The predicted molar refractivity (Wildman–Crippen MR) is 97.3 cm³/mol. The number of carboxylic acid groups (broad SMARTS) is 2. The van der Waals surface area contributed by atoms with Gasteiger partial charge in [0, 0.05) is 13.2 Å². The van der Waals surface area contributed by atoms with Gasteiger partial charge in [0.05, 0.1) is 12.3 Å². The fourth-order valence-corrected chi connectivity index (χ4v) is 2.19. The quantitative estimate of drug-likeness (QED) is 0.326. The molecule has 0 saturated carbocycles. The molecular weight excluding hydrogens is 308 g/mol. The molecule has 2 N–H and O–H groups in total. The number of hydrogen-bond donors (Lipinski definition) is 2. The molecule has 1 atom stereocenters. The highest BCUT2D eigenvalue weighted by atomic mass is 16.5. The first-order chi connectivity index (χ1) is 11.5. The van der Waals surface area contributed by atoms with Gasteiger partial charge in [0.1, 0.15) is 0 Å². The van der Waals surface area contributed by atoms with Gasteiger partial charge in [0.2, 0.25) is 0 Å². The summed E-state index contributed by atoms with van der Waals surface area (Å²) in [5.74, 6) is -2.99. The van der Waals surface area contributed by atoms with Crippen molar-refractivity contribution >= 4 is 11.9 Å². The lowest BCUT2D eigenvalue weighted by atomic mass is 10.0. The van der Waals surface area contributed by atoms with Crippen LogP contribution in [-0.4, -0.2) is 35.4 Å². The second-order valence-corrected chi connectivity index (χ2v) is 5.92. The Kier molecular flexibility index (Phi) is 20.4. The third-order valence-electron chi connectivity index (χ3n) is 3.52. The third kappa shape index (κ3) is 20.6. The Balaban J connectivity index is 0. The van der Waals surface area contributed by atoms with Gasteiger partial charge >= 0.3 is 11.9 Å². The van der Waals surface area contributed by atoms with Crippen LogP contribution in [0.2, 0.25) is 0 Å². The monoisotopic (exact) mass is 344 g/mol. The molecule has 5 nitrogen and oxygen atoms in total. The predicted octanol–water partition coefficient (Wildman–Crippen LogP) is 4.90. The van der Waals surface area contributed by atoms with Gasteiger partial charge in [-0.3, -0.25) is 9.59 Å². The summed E-state index contributed by atoms with van der Waals surface area (Å²) in [6.45, 7) is 8.41. The minimum Gasteiger partial charge on any atom is -0.481 e. The summed E-state index contributed by atoms with van der Waals surface area (Å²) in [6.07, 6.45) is 11.5. The van der Waals surface area contributed by atoms with Crippen LogP contribution in [0.25, 0.3) is 0 Å². The van der Waals surface area contributed by atoms with E-state index in [-0.39, 0.29) is 12.8 Å². The topological polar surface area (TPSA) is 83.8 Å². The van der Waals surface area contributed by atoms with Crippen molar-refractivity contribution in [3.8, 4) is 0 Å². The molecule has 5 heteroatoms. The van der Waals surface area contributed by atoms with Crippen LogP contribution in [0, 0.1) is 5.92 Å². The first-order valence-corrected chi connectivity index (χ1v) is 9.08. The molecule has 0 aromatic carbocycles. The molecule has 0 fully saturated rings. The van der Waals surface area contributed by atoms with Crippen LogP contribution < -0.4 is 0 Å². The van der Waals surface area contributed by atoms with Gasteiger partial charge in [-0.2, -0.15) is 0 Å². The lowest BCUT2D eigenvalue weighted by molar-refractivity contribution is -0.148. The second-order valence-electron chi connectivity index (χ2n) is 5.92. The number of carboxylic acids is 2. The van der Waals surface area contributed by atoms with E-state index < -0.39 is 17.9 Å². The first-order valence-electron chi connectivity index (χ1n) is 9.08. The minimum atomic E-state index is -1.08. The van der Waals surface area contributed by atoms with Gasteiger partial charge < -0.3 is 14.9 Å². The fraction of sp³-hybridized carbons (Fsp3) is 0.789. The number of rotatable bonds is 15. The van der Waals surface area contributed by atoms with E-state index in [1.165, 1.54) is 38.5 Å². The summed E-state index contributed by atoms with van der Waals surface area (Å²) >= 11 is 0. The summed E-state index contributed by atoms with van der Waals surface area (Å²) in [5, 5.41) is 17.5. The number of carbonyl (C=O) groups is 2. The summed E-state index contributed by atoms with van der Waals surface area (Å²) in [4.78, 5) is 21.3. The Morgan fingerprint density at radius 3 is 1.96 bits per heavy atom. The molecule has 0 aliphatic carbocycles. The molecule has 0 aliphatic heterocycles. The van der Waals surface area contributed by atoms with Gasteiger partial charge in [0.15, 0.2) is 0 Å². The molecule has 0 saturated heterocycles. The zero-order valence-electron chi connectivity index (χ0n) is 15.5. The fourth-order valence-electron chi connectivity index (χ4n) is 2.19. The van der Waals surface area contributed by atoms with Crippen molar-refractivity contribution in [3.63, 3.8) is 0 Å². The zero-order valence-corrected chi connectivity index (χ0v) is 15.5. The number of unbranched alkanes of at least 4 members (excludes halogenated alkanes) is 7. The largest absolute Gasteiger partial charge is 0.481 e. The summed E-state index contributed by atoms with van der Waals surface area (Å²) in [6, 6.07) is 0. The third-order valence-corrected chi connectivity index (χ3v) is 3.52. The molecule has 0 amide bonds. The summed E-state index contributed by atoms with van der Waals surface area (Å²) < 4.78 is 5.38. The maximum Gasteiger partial charge on any atom is 0.307 e. The molecule has 0 radical (unpaired) electrons. The van der Waals surface area contributed by atoms with E-state index >= 15 is 0 Å². The van der Waals surface area contributed by atoms with E-state index in [0.29, 0.717) is 13.2 Å². The highest BCUT2D eigenvalue weighted by Gasteiger charge is 2.20. The van der Waals surface area contributed by atoms with Crippen LogP contribution in [-0.2, 0) is 14.3 Å². The summed E-state index contributed by atoms with van der Waals surface area (Å²) in [5.41, 5.74) is 0. The van der Waals surface area contributed by atoms with Gasteiger partial charge in [-0.05, 0) is 19.8 Å². The van der Waals surface area contributed by atoms with Gasteiger partial charge in [-0.15, -0.1) is 6.58 Å². The van der Waals surface area contributed by atoms with Crippen molar-refractivity contribution in [1.82, 2.24) is 0 Å². The van der Waals surface area contributed by atoms with E-state index in [4.69, 9.17) is 14.9 Å². The molecule has 0 spiro atoms. The zero-order chi connectivity index (χ0) is 18.6. The van der Waals surface area contributed by atoms with Crippen molar-refractivity contribution in [2.45, 2.75) is 78.1 Å². The molecule has 0 aliphatic rings. The maximum atomic E-state index is 10.8. The van der Waals surface area contributed by atoms with Crippen LogP contribution in [0.1, 0.15) is 78.1 Å². The highest BCUT2D eigenvalue weighted by Crippen LogP contribution is 2.11. The van der Waals surface area contributed by atoms with Crippen LogP contribution in [0.4, 0.5) is 0 Å². The Bertz CT molecular complexity index is 315. The smallest absolute Gasteiger partial charge is 0.307 e. The Morgan fingerprint density at radius 1 is 1.00 bits per heavy atom. The van der Waals surface area contributed by atoms with E-state index in [2.05, 4.69) is 13.5 Å². The molecule has 0 bridgehead atoms. The molecule has 0 heterocycles.